The highest BCUT2D eigenvalue weighted by Gasteiger charge is 2.25. The third-order valence-electron chi connectivity index (χ3n) is 12.7. The van der Waals surface area contributed by atoms with Crippen LogP contribution in [0.3, 0.4) is 0 Å². The Morgan fingerprint density at radius 3 is 0.915 bits per heavy atom. The third kappa shape index (κ3) is 36.0. The highest BCUT2D eigenvalue weighted by Crippen LogP contribution is 2.21. The Morgan fingerprint density at radius 1 is 0.373 bits per heavy atom. The van der Waals surface area contributed by atoms with Crippen LogP contribution in [-0.2, 0) is 0 Å². The number of anilines is 1. The van der Waals surface area contributed by atoms with Crippen LogP contribution in [0.4, 0.5) is 5.82 Å². The van der Waals surface area contributed by atoms with E-state index in [4.69, 9.17) is 4.98 Å². The predicted molar refractivity (Wildman–Crippen MR) is 258 cm³/mol. The van der Waals surface area contributed by atoms with Crippen molar-refractivity contribution < 1.29 is 15.3 Å². The van der Waals surface area contributed by atoms with E-state index in [1.165, 1.54) is 193 Å². The van der Waals surface area contributed by atoms with E-state index in [0.717, 1.165) is 63.6 Å². The summed E-state index contributed by atoms with van der Waals surface area (Å²) in [4.78, 5) is 4.71. The number of hydrogen-bond donors (Lipinski definition) is 3. The standard InChI is InChI=1S/C53H103N3O3/c1-4-7-10-13-16-19-22-25-28-31-34-37-42-50(57)47-55(48-51(58)43-38-35-32-29-26-23-20-17-14-11-8-5-2)56(53-45-40-41-46-54-53)49-52(59)44-39-36-33-30-27-24-21-18-15-12-9-6-3/h40-41,45-46,50-52,57-59H,4-39,42-44,47-49H2,1-3H3. The largest absolute Gasteiger partial charge is 0.392 e. The molecule has 1 heterocycles. The first-order chi connectivity index (χ1) is 29.0. The zero-order chi connectivity index (χ0) is 42.7. The monoisotopic (exact) mass is 830 g/mol. The van der Waals surface area contributed by atoms with Crippen LogP contribution >= 0.6 is 0 Å². The summed E-state index contributed by atoms with van der Waals surface area (Å²) >= 11 is 0. The van der Waals surface area contributed by atoms with Gasteiger partial charge in [-0.25, -0.2) is 9.99 Å². The number of nitrogens with zero attached hydrogens (tertiary/aromatic N) is 3. The molecule has 1 aromatic rings. The van der Waals surface area contributed by atoms with Crippen LogP contribution in [0.2, 0.25) is 0 Å². The summed E-state index contributed by atoms with van der Waals surface area (Å²) in [7, 11) is 0. The van der Waals surface area contributed by atoms with Gasteiger partial charge in [-0.1, -0.05) is 258 Å². The van der Waals surface area contributed by atoms with Gasteiger partial charge in [0.2, 0.25) is 0 Å². The first kappa shape index (κ1) is 55.8. The SMILES string of the molecule is CCCCCCCCCCCCCCC(O)CN(CC(O)CCCCCCCCCCCCCC)N(CC(O)CCCCCCCCCCCCCC)c1ccccn1. The molecular weight excluding hydrogens is 727 g/mol. The van der Waals surface area contributed by atoms with Crippen molar-refractivity contribution in [1.29, 1.82) is 0 Å². The molecular formula is C53H103N3O3. The minimum Gasteiger partial charge on any atom is -0.392 e. The molecule has 3 N–H and O–H groups in total. The highest BCUT2D eigenvalue weighted by atomic mass is 16.3. The summed E-state index contributed by atoms with van der Waals surface area (Å²) in [5.41, 5.74) is 0. The van der Waals surface area contributed by atoms with Gasteiger partial charge in [-0.2, -0.15) is 0 Å². The van der Waals surface area contributed by atoms with Crippen molar-refractivity contribution in [2.24, 2.45) is 0 Å². The van der Waals surface area contributed by atoms with E-state index in [1.807, 2.05) is 24.4 Å². The lowest BCUT2D eigenvalue weighted by Gasteiger charge is -2.39. The van der Waals surface area contributed by atoms with Gasteiger partial charge in [0.05, 0.1) is 24.9 Å². The van der Waals surface area contributed by atoms with Crippen LogP contribution in [0.1, 0.15) is 271 Å². The molecule has 0 spiro atoms. The van der Waals surface area contributed by atoms with Crippen LogP contribution in [0.15, 0.2) is 24.4 Å². The number of hydrogen-bond acceptors (Lipinski definition) is 6. The van der Waals surface area contributed by atoms with E-state index in [1.54, 1.807) is 0 Å². The molecule has 1 aromatic heterocycles. The quantitative estimate of drug-likeness (QED) is 0.0448. The Morgan fingerprint density at radius 2 is 0.644 bits per heavy atom. The minimum absolute atomic E-state index is 0.422. The number of pyridine rings is 1. The summed E-state index contributed by atoms with van der Waals surface area (Å²) in [6, 6.07) is 5.93. The summed E-state index contributed by atoms with van der Waals surface area (Å²) in [5.74, 6) is 0.774. The fraction of sp³-hybridized carbons (Fsp3) is 0.906. The molecule has 0 radical (unpaired) electrons. The number of aliphatic hydroxyl groups is 3. The molecule has 0 aliphatic rings. The number of unbranched alkanes of at least 4 members (excludes halogenated alkanes) is 33. The average Bonchev–Trinajstić information content (AvgIpc) is 3.24. The Labute approximate surface area is 368 Å². The summed E-state index contributed by atoms with van der Waals surface area (Å²) < 4.78 is 0. The van der Waals surface area contributed by atoms with E-state index in [0.29, 0.717) is 19.6 Å². The molecule has 59 heavy (non-hydrogen) atoms. The second-order valence-corrected chi connectivity index (χ2v) is 18.6. The average molecular weight is 830 g/mol. The number of hydrazine groups is 1. The molecule has 3 atom stereocenters. The fourth-order valence-electron chi connectivity index (χ4n) is 8.75. The topological polar surface area (TPSA) is 80.1 Å². The Kier molecular flexibility index (Phi) is 41.1. The van der Waals surface area contributed by atoms with Crippen LogP contribution in [-0.4, -0.2) is 63.3 Å². The van der Waals surface area contributed by atoms with E-state index in [-0.39, 0.29) is 0 Å². The molecule has 0 saturated carbocycles. The molecule has 6 nitrogen and oxygen atoms in total. The van der Waals surface area contributed by atoms with Crippen LogP contribution in [0.5, 0.6) is 0 Å². The molecule has 348 valence electrons. The smallest absolute Gasteiger partial charge is 0.142 e. The summed E-state index contributed by atoms with van der Waals surface area (Å²) in [5, 5.41) is 38.4. The molecule has 0 aliphatic heterocycles. The Hall–Kier alpha value is -1.21. The molecule has 0 amide bonds. The Bertz CT molecular complexity index is 915. The van der Waals surface area contributed by atoms with Crippen molar-refractivity contribution in [2.75, 3.05) is 24.6 Å². The van der Waals surface area contributed by atoms with E-state index in [9.17, 15) is 15.3 Å². The first-order valence-electron chi connectivity index (χ1n) is 26.5. The van der Waals surface area contributed by atoms with Crippen molar-refractivity contribution in [3.8, 4) is 0 Å². The van der Waals surface area contributed by atoms with Crippen molar-refractivity contribution in [2.45, 2.75) is 289 Å². The number of rotatable bonds is 47. The Balaban J connectivity index is 2.64. The second kappa shape index (κ2) is 43.4. The molecule has 3 unspecified atom stereocenters. The third-order valence-corrected chi connectivity index (χ3v) is 12.7. The number of aromatic nitrogens is 1. The van der Waals surface area contributed by atoms with Crippen LogP contribution in [0.25, 0.3) is 0 Å². The van der Waals surface area contributed by atoms with Crippen LogP contribution < -0.4 is 5.01 Å². The van der Waals surface area contributed by atoms with E-state index >= 15 is 0 Å². The van der Waals surface area contributed by atoms with Crippen molar-refractivity contribution >= 4 is 5.82 Å². The van der Waals surface area contributed by atoms with Gasteiger partial charge in [0.1, 0.15) is 5.82 Å². The van der Waals surface area contributed by atoms with Gasteiger partial charge < -0.3 is 15.3 Å². The van der Waals surface area contributed by atoms with Gasteiger partial charge >= 0.3 is 0 Å². The van der Waals surface area contributed by atoms with Crippen LogP contribution in [0, 0.1) is 0 Å². The molecule has 0 bridgehead atoms. The van der Waals surface area contributed by atoms with Gasteiger partial charge in [0, 0.05) is 19.3 Å². The molecule has 0 saturated heterocycles. The van der Waals surface area contributed by atoms with Crippen molar-refractivity contribution in [3.05, 3.63) is 24.4 Å². The maximum atomic E-state index is 11.4. The lowest BCUT2D eigenvalue weighted by atomic mass is 10.0. The summed E-state index contributed by atoms with van der Waals surface area (Å²) in [6.45, 7) is 8.15. The molecule has 0 fully saturated rings. The lowest BCUT2D eigenvalue weighted by Crippen LogP contribution is -2.52. The highest BCUT2D eigenvalue weighted by molar-refractivity contribution is 5.36. The van der Waals surface area contributed by atoms with E-state index in [2.05, 4.69) is 30.8 Å². The first-order valence-corrected chi connectivity index (χ1v) is 26.5. The number of aliphatic hydroxyl groups excluding tert-OH is 3. The van der Waals surface area contributed by atoms with Gasteiger partial charge in [-0.15, -0.1) is 0 Å². The van der Waals surface area contributed by atoms with Crippen molar-refractivity contribution in [1.82, 2.24) is 9.99 Å². The minimum atomic E-state index is -0.496. The van der Waals surface area contributed by atoms with Gasteiger partial charge in [0.15, 0.2) is 0 Å². The second-order valence-electron chi connectivity index (χ2n) is 18.6. The zero-order valence-corrected chi connectivity index (χ0v) is 39.9. The molecule has 1 rings (SSSR count). The molecule has 6 heteroatoms. The molecule has 0 aliphatic carbocycles. The fourth-order valence-corrected chi connectivity index (χ4v) is 8.75. The van der Waals surface area contributed by atoms with Gasteiger partial charge in [-0.3, -0.25) is 5.01 Å². The lowest BCUT2D eigenvalue weighted by molar-refractivity contribution is 0.0442. The zero-order valence-electron chi connectivity index (χ0n) is 39.9. The van der Waals surface area contributed by atoms with Gasteiger partial charge in [0.25, 0.3) is 0 Å². The van der Waals surface area contributed by atoms with E-state index < -0.39 is 18.3 Å². The van der Waals surface area contributed by atoms with Gasteiger partial charge in [-0.05, 0) is 31.4 Å². The maximum absolute atomic E-state index is 11.4. The molecule has 0 aromatic carbocycles. The maximum Gasteiger partial charge on any atom is 0.142 e. The normalized spacial score (nSPS) is 13.3. The predicted octanol–water partition coefficient (Wildman–Crippen LogP) is 15.5. The summed E-state index contributed by atoms with van der Waals surface area (Å²) in [6.07, 6.45) is 49.7. The van der Waals surface area contributed by atoms with Crippen molar-refractivity contribution in [3.63, 3.8) is 0 Å².